The van der Waals surface area contributed by atoms with E-state index in [2.05, 4.69) is 6.07 Å². The number of halogens is 1. The van der Waals surface area contributed by atoms with E-state index >= 15 is 0 Å². The third kappa shape index (κ3) is 17.9. The molecule has 0 aliphatic rings. The SMILES string of the molecule is C[N+](C)(C)CC#N.P.[Cl-]. The zero-order valence-electron chi connectivity index (χ0n) is 6.19. The number of hydrogen-bond donors (Lipinski definition) is 0. The molecule has 0 aliphatic heterocycles. The van der Waals surface area contributed by atoms with Crippen molar-refractivity contribution in [3.05, 3.63) is 0 Å². The van der Waals surface area contributed by atoms with Crippen molar-refractivity contribution in [2.45, 2.75) is 0 Å². The third-order valence-corrected chi connectivity index (χ3v) is 0.545. The highest BCUT2D eigenvalue weighted by Gasteiger charge is 2.01. The number of hydrogen-bond acceptors (Lipinski definition) is 1. The number of rotatable bonds is 1. The summed E-state index contributed by atoms with van der Waals surface area (Å²) in [5, 5.41) is 8.14. The minimum Gasteiger partial charge on any atom is -1.00 e. The van der Waals surface area contributed by atoms with Gasteiger partial charge in [-0.15, -0.1) is 0 Å². The van der Waals surface area contributed by atoms with E-state index in [1.54, 1.807) is 0 Å². The van der Waals surface area contributed by atoms with Gasteiger partial charge in [0, 0.05) is 0 Å². The van der Waals surface area contributed by atoms with Crippen LogP contribution in [-0.2, 0) is 0 Å². The normalized spacial score (nSPS) is 8.22. The summed E-state index contributed by atoms with van der Waals surface area (Å²) in [6.45, 7) is 0.583. The van der Waals surface area contributed by atoms with Gasteiger partial charge in [0.25, 0.3) is 0 Å². The Labute approximate surface area is 66.5 Å². The molecule has 2 nitrogen and oxygen atoms in total. The van der Waals surface area contributed by atoms with Crippen LogP contribution in [0.15, 0.2) is 0 Å². The molecule has 0 saturated heterocycles. The fourth-order valence-corrected chi connectivity index (χ4v) is 0.212. The molecular weight excluding hydrogens is 154 g/mol. The molecule has 1 atom stereocenters. The molecule has 0 rings (SSSR count). The van der Waals surface area contributed by atoms with Crippen LogP contribution in [0.25, 0.3) is 0 Å². The van der Waals surface area contributed by atoms with Crippen LogP contribution < -0.4 is 12.4 Å². The topological polar surface area (TPSA) is 23.8 Å². The van der Waals surface area contributed by atoms with Gasteiger partial charge in [-0.2, -0.15) is 15.2 Å². The van der Waals surface area contributed by atoms with E-state index in [-0.39, 0.29) is 22.3 Å². The highest BCUT2D eigenvalue weighted by atomic mass is 35.5. The van der Waals surface area contributed by atoms with Crippen molar-refractivity contribution in [3.8, 4) is 6.07 Å². The molecular formula is C5H14ClN2P. The molecule has 56 valence electrons. The lowest BCUT2D eigenvalue weighted by atomic mass is 10.6. The lowest BCUT2D eigenvalue weighted by Gasteiger charge is -2.18. The quantitative estimate of drug-likeness (QED) is 0.237. The van der Waals surface area contributed by atoms with Crippen molar-refractivity contribution in [2.24, 2.45) is 0 Å². The summed E-state index contributed by atoms with van der Waals surface area (Å²) < 4.78 is 0.733. The Hall–Kier alpha value is 0.170. The van der Waals surface area contributed by atoms with E-state index in [0.717, 1.165) is 4.48 Å². The molecule has 0 aromatic heterocycles. The Morgan fingerprint density at radius 3 is 1.67 bits per heavy atom. The standard InChI is InChI=1S/C5H11N2.ClH.H3P/c1-7(2,3)5-4-6;;/h5H2,1-3H3;1H;1H3/q+1;;/p-1. The molecule has 0 spiro atoms. The predicted octanol–water partition coefficient (Wildman–Crippen LogP) is -2.72. The van der Waals surface area contributed by atoms with Crippen molar-refractivity contribution in [1.82, 2.24) is 0 Å². The summed E-state index contributed by atoms with van der Waals surface area (Å²) in [5.74, 6) is 0. The molecule has 1 unspecified atom stereocenters. The summed E-state index contributed by atoms with van der Waals surface area (Å²) in [6, 6.07) is 2.08. The summed E-state index contributed by atoms with van der Waals surface area (Å²) in [5.41, 5.74) is 0. The van der Waals surface area contributed by atoms with Gasteiger partial charge >= 0.3 is 0 Å². The number of quaternary nitrogens is 1. The van der Waals surface area contributed by atoms with Crippen LogP contribution in [0, 0.1) is 11.3 Å². The molecule has 0 radical (unpaired) electrons. The highest BCUT2D eigenvalue weighted by molar-refractivity contribution is 6.92. The fourth-order valence-electron chi connectivity index (χ4n) is 0.212. The Kier molecular flexibility index (Phi) is 11.2. The Bertz CT molecular complexity index is 92.1. The van der Waals surface area contributed by atoms with Gasteiger partial charge < -0.3 is 16.9 Å². The van der Waals surface area contributed by atoms with Crippen molar-refractivity contribution in [1.29, 1.82) is 5.26 Å². The second-order valence-electron chi connectivity index (χ2n) is 2.61. The largest absolute Gasteiger partial charge is 1.00 e. The van der Waals surface area contributed by atoms with E-state index in [1.165, 1.54) is 0 Å². The van der Waals surface area contributed by atoms with Gasteiger partial charge in [-0.1, -0.05) is 0 Å². The van der Waals surface area contributed by atoms with Crippen LogP contribution in [0.2, 0.25) is 0 Å². The number of nitrogens with zero attached hydrogens (tertiary/aromatic N) is 2. The first kappa shape index (κ1) is 16.1. The van der Waals surface area contributed by atoms with Crippen LogP contribution in [0.5, 0.6) is 0 Å². The van der Waals surface area contributed by atoms with Crippen molar-refractivity contribution in [3.63, 3.8) is 0 Å². The molecule has 0 aromatic carbocycles. The highest BCUT2D eigenvalue weighted by Crippen LogP contribution is 1.84. The maximum atomic E-state index is 8.14. The molecule has 9 heavy (non-hydrogen) atoms. The summed E-state index contributed by atoms with van der Waals surface area (Å²) >= 11 is 0. The van der Waals surface area contributed by atoms with Crippen LogP contribution in [0.1, 0.15) is 0 Å². The van der Waals surface area contributed by atoms with Gasteiger partial charge in [0.2, 0.25) is 0 Å². The van der Waals surface area contributed by atoms with Crippen molar-refractivity contribution < 1.29 is 16.9 Å². The van der Waals surface area contributed by atoms with Crippen molar-refractivity contribution >= 4 is 9.90 Å². The molecule has 0 heterocycles. The van der Waals surface area contributed by atoms with Gasteiger partial charge in [-0.05, 0) is 0 Å². The second kappa shape index (κ2) is 6.29. The molecule has 0 bridgehead atoms. The summed E-state index contributed by atoms with van der Waals surface area (Å²) in [4.78, 5) is 0. The first-order chi connectivity index (χ1) is 3.06. The van der Waals surface area contributed by atoms with E-state index in [4.69, 9.17) is 5.26 Å². The average Bonchev–Trinajstić information content (AvgIpc) is 1.30. The van der Waals surface area contributed by atoms with E-state index in [9.17, 15) is 0 Å². The minimum atomic E-state index is 0. The molecule has 0 N–H and O–H groups in total. The summed E-state index contributed by atoms with van der Waals surface area (Å²) in [6.07, 6.45) is 0. The molecule has 0 aromatic rings. The van der Waals surface area contributed by atoms with Crippen LogP contribution in [0.4, 0.5) is 0 Å². The number of nitriles is 1. The van der Waals surface area contributed by atoms with Crippen LogP contribution in [0.3, 0.4) is 0 Å². The third-order valence-electron chi connectivity index (χ3n) is 0.545. The molecule has 0 fully saturated rings. The lowest BCUT2D eigenvalue weighted by Crippen LogP contribution is -3.00. The van der Waals surface area contributed by atoms with Gasteiger partial charge in [-0.3, -0.25) is 0 Å². The maximum Gasteiger partial charge on any atom is 0.165 e. The van der Waals surface area contributed by atoms with Crippen LogP contribution >= 0.6 is 9.90 Å². The minimum absolute atomic E-state index is 0. The fraction of sp³-hybridized carbons (Fsp3) is 0.800. The predicted molar refractivity (Wildman–Crippen MR) is 39.6 cm³/mol. The monoisotopic (exact) mass is 168 g/mol. The zero-order chi connectivity index (χ0) is 5.91. The second-order valence-corrected chi connectivity index (χ2v) is 2.61. The lowest BCUT2D eigenvalue weighted by molar-refractivity contribution is -0.863. The Morgan fingerprint density at radius 1 is 1.33 bits per heavy atom. The van der Waals surface area contributed by atoms with Crippen LogP contribution in [-0.4, -0.2) is 32.2 Å². The first-order valence-electron chi connectivity index (χ1n) is 2.24. The molecule has 4 heteroatoms. The Morgan fingerprint density at radius 2 is 1.67 bits per heavy atom. The molecule has 0 amide bonds. The Balaban J connectivity index is -0.000000180. The van der Waals surface area contributed by atoms with Gasteiger partial charge in [0.15, 0.2) is 6.54 Å². The van der Waals surface area contributed by atoms with E-state index in [0.29, 0.717) is 6.54 Å². The van der Waals surface area contributed by atoms with Gasteiger partial charge in [-0.25, -0.2) is 0 Å². The average molecular weight is 169 g/mol. The smallest absolute Gasteiger partial charge is 0.165 e. The van der Waals surface area contributed by atoms with Gasteiger partial charge in [0.1, 0.15) is 6.07 Å². The zero-order valence-corrected chi connectivity index (χ0v) is 8.36. The van der Waals surface area contributed by atoms with Gasteiger partial charge in [0.05, 0.1) is 21.1 Å². The molecule has 0 saturated carbocycles. The van der Waals surface area contributed by atoms with Crippen molar-refractivity contribution in [2.75, 3.05) is 27.7 Å². The maximum absolute atomic E-state index is 8.14. The first-order valence-corrected chi connectivity index (χ1v) is 2.24. The van der Waals surface area contributed by atoms with E-state index in [1.807, 2.05) is 21.1 Å². The molecule has 0 aliphatic carbocycles. The van der Waals surface area contributed by atoms with E-state index < -0.39 is 0 Å². The summed E-state index contributed by atoms with van der Waals surface area (Å²) in [7, 11) is 5.97.